The smallest absolute Gasteiger partial charge is 0.178 e. The summed E-state index contributed by atoms with van der Waals surface area (Å²) < 4.78 is 2.02. The van der Waals surface area contributed by atoms with Crippen molar-refractivity contribution >= 4 is 39.0 Å². The van der Waals surface area contributed by atoms with E-state index in [2.05, 4.69) is 38.3 Å². The fourth-order valence-corrected chi connectivity index (χ4v) is 3.43. The lowest BCUT2D eigenvalue weighted by atomic mass is 10.1. The third kappa shape index (κ3) is 3.04. The highest BCUT2D eigenvalue weighted by Crippen LogP contribution is 2.33. The molecule has 0 aliphatic rings. The third-order valence-electron chi connectivity index (χ3n) is 1.98. The highest BCUT2D eigenvalue weighted by atomic mass is 79.9. The summed E-state index contributed by atoms with van der Waals surface area (Å²) in [4.78, 5) is 1.19. The minimum absolute atomic E-state index is 0.658. The van der Waals surface area contributed by atoms with E-state index in [1.807, 2.05) is 6.07 Å². The minimum atomic E-state index is 0.658. The molecule has 0 spiro atoms. The Morgan fingerprint density at radius 3 is 3.00 bits per heavy atom. The van der Waals surface area contributed by atoms with Crippen LogP contribution in [0.15, 0.2) is 37.4 Å². The van der Waals surface area contributed by atoms with E-state index in [4.69, 9.17) is 5.73 Å². The van der Waals surface area contributed by atoms with Crippen LogP contribution in [0.25, 0.3) is 0 Å². The molecular weight excluding hydrogens is 306 g/mol. The van der Waals surface area contributed by atoms with Crippen molar-refractivity contribution in [3.63, 3.8) is 0 Å². The summed E-state index contributed by atoms with van der Waals surface area (Å²) in [6.45, 7) is 0.658. The summed E-state index contributed by atoms with van der Waals surface area (Å²) >= 11 is 6.65. The Hall–Kier alpha value is -0.430. The first kappa shape index (κ1) is 12.0. The van der Waals surface area contributed by atoms with E-state index in [1.165, 1.54) is 10.5 Å². The van der Waals surface area contributed by atoms with Gasteiger partial charge in [0.1, 0.15) is 5.51 Å². The average Bonchev–Trinajstić information content (AvgIpc) is 2.75. The molecule has 1 heterocycles. The molecule has 6 heteroatoms. The minimum Gasteiger partial charge on any atom is -0.330 e. The van der Waals surface area contributed by atoms with Gasteiger partial charge < -0.3 is 5.73 Å². The summed E-state index contributed by atoms with van der Waals surface area (Å²) in [5.41, 5.74) is 8.59. The summed E-state index contributed by atoms with van der Waals surface area (Å²) in [5, 5.41) is 7.86. The first-order chi connectivity index (χ1) is 7.79. The third-order valence-corrected chi connectivity index (χ3v) is 4.35. The van der Waals surface area contributed by atoms with Crippen LogP contribution in [0, 0.1) is 0 Å². The van der Waals surface area contributed by atoms with Gasteiger partial charge in [-0.1, -0.05) is 45.1 Å². The number of rotatable bonds is 4. The van der Waals surface area contributed by atoms with Gasteiger partial charge in [0.2, 0.25) is 0 Å². The predicted molar refractivity (Wildman–Crippen MR) is 70.9 cm³/mol. The van der Waals surface area contributed by atoms with E-state index in [0.717, 1.165) is 15.2 Å². The zero-order valence-electron chi connectivity index (χ0n) is 8.39. The van der Waals surface area contributed by atoms with Gasteiger partial charge in [-0.2, -0.15) is 0 Å². The lowest BCUT2D eigenvalue weighted by Crippen LogP contribution is -2.03. The van der Waals surface area contributed by atoms with Crippen molar-refractivity contribution in [1.82, 2.24) is 10.2 Å². The molecule has 0 bridgehead atoms. The van der Waals surface area contributed by atoms with E-state index < -0.39 is 0 Å². The van der Waals surface area contributed by atoms with Gasteiger partial charge in [0.05, 0.1) is 0 Å². The van der Waals surface area contributed by atoms with Gasteiger partial charge in [0.15, 0.2) is 4.34 Å². The number of benzene rings is 1. The maximum atomic E-state index is 5.59. The largest absolute Gasteiger partial charge is 0.330 e. The van der Waals surface area contributed by atoms with Gasteiger partial charge in [-0.25, -0.2) is 0 Å². The zero-order valence-corrected chi connectivity index (χ0v) is 11.6. The standard InChI is InChI=1S/C10H10BrN3S2/c11-8-2-1-7(3-4-12)9(5-8)16-10-14-13-6-15-10/h1-2,5-6H,3-4,12H2. The van der Waals surface area contributed by atoms with Crippen molar-refractivity contribution < 1.29 is 0 Å². The fourth-order valence-electron chi connectivity index (χ4n) is 1.29. The van der Waals surface area contributed by atoms with Gasteiger partial charge in [-0.15, -0.1) is 10.2 Å². The van der Waals surface area contributed by atoms with Gasteiger partial charge in [-0.05, 0) is 30.7 Å². The van der Waals surface area contributed by atoms with Crippen molar-refractivity contribution in [2.45, 2.75) is 15.7 Å². The van der Waals surface area contributed by atoms with E-state index >= 15 is 0 Å². The molecule has 2 aromatic rings. The molecule has 0 aliphatic carbocycles. The summed E-state index contributed by atoms with van der Waals surface area (Å²) in [6.07, 6.45) is 0.883. The molecular formula is C10H10BrN3S2. The maximum Gasteiger partial charge on any atom is 0.178 e. The van der Waals surface area contributed by atoms with Crippen molar-refractivity contribution in [3.05, 3.63) is 33.7 Å². The number of nitrogens with two attached hydrogens (primary N) is 1. The van der Waals surface area contributed by atoms with Crippen LogP contribution in [0.4, 0.5) is 0 Å². The Morgan fingerprint density at radius 2 is 2.31 bits per heavy atom. The Labute approximate surface area is 111 Å². The van der Waals surface area contributed by atoms with Gasteiger partial charge in [0.25, 0.3) is 0 Å². The van der Waals surface area contributed by atoms with E-state index in [9.17, 15) is 0 Å². The molecule has 0 amide bonds. The van der Waals surface area contributed by atoms with Gasteiger partial charge in [-0.3, -0.25) is 0 Å². The molecule has 3 nitrogen and oxygen atoms in total. The van der Waals surface area contributed by atoms with Crippen LogP contribution in [0.3, 0.4) is 0 Å². The molecule has 2 rings (SSSR count). The van der Waals surface area contributed by atoms with Gasteiger partial charge >= 0.3 is 0 Å². The lowest BCUT2D eigenvalue weighted by Gasteiger charge is -2.06. The summed E-state index contributed by atoms with van der Waals surface area (Å²) in [6, 6.07) is 6.23. The quantitative estimate of drug-likeness (QED) is 0.942. The Balaban J connectivity index is 2.26. The number of halogens is 1. The zero-order chi connectivity index (χ0) is 11.4. The van der Waals surface area contributed by atoms with E-state index in [-0.39, 0.29) is 0 Å². The van der Waals surface area contributed by atoms with Crippen LogP contribution >= 0.6 is 39.0 Å². The molecule has 2 N–H and O–H groups in total. The molecule has 84 valence electrons. The first-order valence-corrected chi connectivity index (χ1v) is 7.21. The summed E-state index contributed by atoms with van der Waals surface area (Å²) in [7, 11) is 0. The normalized spacial score (nSPS) is 10.6. The van der Waals surface area contributed by atoms with Crippen molar-refractivity contribution in [2.24, 2.45) is 5.73 Å². The molecule has 0 unspecified atom stereocenters. The summed E-state index contributed by atoms with van der Waals surface area (Å²) in [5.74, 6) is 0. The van der Waals surface area contributed by atoms with Crippen LogP contribution in [0.2, 0.25) is 0 Å². The second kappa shape index (κ2) is 5.77. The van der Waals surface area contributed by atoms with Crippen LogP contribution in [-0.2, 0) is 6.42 Å². The van der Waals surface area contributed by atoms with Crippen molar-refractivity contribution in [2.75, 3.05) is 6.54 Å². The Bertz CT molecular complexity index is 459. The number of nitrogens with zero attached hydrogens (tertiary/aromatic N) is 2. The molecule has 0 saturated heterocycles. The Morgan fingerprint density at radius 1 is 1.44 bits per heavy atom. The van der Waals surface area contributed by atoms with Crippen molar-refractivity contribution in [1.29, 1.82) is 0 Å². The van der Waals surface area contributed by atoms with Gasteiger partial charge in [0, 0.05) is 9.37 Å². The van der Waals surface area contributed by atoms with Crippen LogP contribution in [-0.4, -0.2) is 16.7 Å². The lowest BCUT2D eigenvalue weighted by molar-refractivity contribution is 0.941. The first-order valence-electron chi connectivity index (χ1n) is 4.72. The monoisotopic (exact) mass is 315 g/mol. The van der Waals surface area contributed by atoms with E-state index in [0.29, 0.717) is 6.54 Å². The molecule has 0 atom stereocenters. The van der Waals surface area contributed by atoms with Crippen LogP contribution in [0.5, 0.6) is 0 Å². The molecule has 1 aromatic carbocycles. The maximum absolute atomic E-state index is 5.59. The topological polar surface area (TPSA) is 51.8 Å². The highest BCUT2D eigenvalue weighted by molar-refractivity contribution is 9.10. The second-order valence-electron chi connectivity index (χ2n) is 3.10. The fraction of sp³-hybridized carbons (Fsp3) is 0.200. The average molecular weight is 316 g/mol. The molecule has 0 aliphatic heterocycles. The van der Waals surface area contributed by atoms with Crippen molar-refractivity contribution in [3.8, 4) is 0 Å². The number of hydrogen-bond acceptors (Lipinski definition) is 5. The number of hydrogen-bond donors (Lipinski definition) is 1. The predicted octanol–water partition coefficient (Wildman–Crippen LogP) is 2.95. The molecule has 16 heavy (non-hydrogen) atoms. The van der Waals surface area contributed by atoms with Crippen LogP contribution in [0.1, 0.15) is 5.56 Å². The Kier molecular flexibility index (Phi) is 4.34. The molecule has 0 radical (unpaired) electrons. The molecule has 0 fully saturated rings. The highest BCUT2D eigenvalue weighted by Gasteiger charge is 2.07. The number of aromatic nitrogens is 2. The second-order valence-corrected chi connectivity index (χ2v) is 6.14. The van der Waals surface area contributed by atoms with E-state index in [1.54, 1.807) is 28.6 Å². The SMILES string of the molecule is NCCc1ccc(Br)cc1Sc1nncs1. The molecule has 1 aromatic heterocycles. The molecule has 0 saturated carbocycles. The van der Waals surface area contributed by atoms with Crippen LogP contribution < -0.4 is 5.73 Å².